The molecule has 5 heteroatoms. The van der Waals surface area contributed by atoms with E-state index in [-0.39, 0.29) is 5.56 Å². The van der Waals surface area contributed by atoms with Crippen LogP contribution in [0.2, 0.25) is 0 Å². The SMILES string of the molecule is Fc1ccc(F)c(-c2cc(=S)nc(C3CC3)[nH]2)c1. The second-order valence-corrected chi connectivity index (χ2v) is 4.84. The highest BCUT2D eigenvalue weighted by Gasteiger charge is 2.26. The molecule has 92 valence electrons. The van der Waals surface area contributed by atoms with Gasteiger partial charge in [-0.05, 0) is 37.1 Å². The minimum absolute atomic E-state index is 0.186. The molecule has 2 aromatic rings. The molecule has 0 unspecified atom stereocenters. The quantitative estimate of drug-likeness (QED) is 0.832. The minimum Gasteiger partial charge on any atom is -0.343 e. The maximum Gasteiger partial charge on any atom is 0.132 e. The van der Waals surface area contributed by atoms with Crippen LogP contribution in [0.4, 0.5) is 8.78 Å². The highest BCUT2D eigenvalue weighted by atomic mass is 32.1. The summed E-state index contributed by atoms with van der Waals surface area (Å²) in [5, 5.41) is 0. The highest BCUT2D eigenvalue weighted by molar-refractivity contribution is 7.71. The summed E-state index contributed by atoms with van der Waals surface area (Å²) in [6.07, 6.45) is 2.13. The molecule has 0 saturated heterocycles. The van der Waals surface area contributed by atoms with Crippen LogP contribution in [0.5, 0.6) is 0 Å². The second kappa shape index (κ2) is 4.24. The molecule has 0 atom stereocenters. The van der Waals surface area contributed by atoms with Gasteiger partial charge in [0.1, 0.15) is 22.1 Å². The van der Waals surface area contributed by atoms with Crippen LogP contribution < -0.4 is 0 Å². The molecule has 0 radical (unpaired) electrons. The molecule has 0 amide bonds. The van der Waals surface area contributed by atoms with Crippen molar-refractivity contribution in [1.82, 2.24) is 9.97 Å². The van der Waals surface area contributed by atoms with E-state index in [4.69, 9.17) is 12.2 Å². The summed E-state index contributed by atoms with van der Waals surface area (Å²) in [4.78, 5) is 7.26. The van der Waals surface area contributed by atoms with Gasteiger partial charge in [-0.15, -0.1) is 0 Å². The van der Waals surface area contributed by atoms with Crippen molar-refractivity contribution in [3.05, 3.63) is 46.4 Å². The molecule has 1 fully saturated rings. The maximum absolute atomic E-state index is 13.7. The van der Waals surface area contributed by atoms with Gasteiger partial charge >= 0.3 is 0 Å². The normalized spacial score (nSPS) is 14.8. The van der Waals surface area contributed by atoms with E-state index in [1.54, 1.807) is 6.07 Å². The Morgan fingerprint density at radius 2 is 2.00 bits per heavy atom. The van der Waals surface area contributed by atoms with Gasteiger partial charge in [0.05, 0.1) is 5.69 Å². The van der Waals surface area contributed by atoms with Gasteiger partial charge in [-0.3, -0.25) is 0 Å². The molecule has 1 aromatic carbocycles. The van der Waals surface area contributed by atoms with Crippen molar-refractivity contribution in [3.63, 3.8) is 0 Å². The summed E-state index contributed by atoms with van der Waals surface area (Å²) in [5.41, 5.74) is 0.666. The highest BCUT2D eigenvalue weighted by Crippen LogP contribution is 2.38. The minimum atomic E-state index is -0.477. The van der Waals surface area contributed by atoms with Crippen molar-refractivity contribution < 1.29 is 8.78 Å². The lowest BCUT2D eigenvalue weighted by Gasteiger charge is -2.06. The Bertz CT molecular complexity index is 662. The molecule has 1 aliphatic rings. The Morgan fingerprint density at radius 1 is 1.22 bits per heavy atom. The van der Waals surface area contributed by atoms with E-state index in [9.17, 15) is 8.78 Å². The van der Waals surface area contributed by atoms with Crippen LogP contribution in [0.1, 0.15) is 24.6 Å². The lowest BCUT2D eigenvalue weighted by Crippen LogP contribution is -1.97. The molecular weight excluding hydrogens is 254 g/mol. The van der Waals surface area contributed by atoms with Gasteiger partial charge in [-0.25, -0.2) is 13.8 Å². The molecule has 1 saturated carbocycles. The monoisotopic (exact) mass is 264 g/mol. The number of halogens is 2. The number of nitrogens with zero attached hydrogens (tertiary/aromatic N) is 1. The largest absolute Gasteiger partial charge is 0.343 e. The zero-order valence-electron chi connectivity index (χ0n) is 9.41. The molecule has 1 N–H and O–H groups in total. The van der Waals surface area contributed by atoms with Crippen LogP contribution in [0.15, 0.2) is 24.3 Å². The van der Waals surface area contributed by atoms with Crippen LogP contribution in [-0.4, -0.2) is 9.97 Å². The summed E-state index contributed by atoms with van der Waals surface area (Å²) >= 11 is 5.06. The summed E-state index contributed by atoms with van der Waals surface area (Å²) in [5.74, 6) is 0.190. The number of benzene rings is 1. The first-order valence-corrected chi connectivity index (χ1v) is 6.11. The van der Waals surface area contributed by atoms with Crippen LogP contribution in [-0.2, 0) is 0 Å². The lowest BCUT2D eigenvalue weighted by atomic mass is 10.1. The third-order valence-electron chi connectivity index (χ3n) is 2.94. The number of H-pyrrole nitrogens is 1. The van der Waals surface area contributed by atoms with Crippen LogP contribution in [0.25, 0.3) is 11.3 Å². The predicted octanol–water partition coefficient (Wildman–Crippen LogP) is 3.96. The van der Waals surface area contributed by atoms with Gasteiger partial charge in [-0.1, -0.05) is 12.2 Å². The molecule has 0 bridgehead atoms. The Hall–Kier alpha value is -1.62. The lowest BCUT2D eigenvalue weighted by molar-refractivity contribution is 0.602. The summed E-state index contributed by atoms with van der Waals surface area (Å²) in [6, 6.07) is 4.92. The fourth-order valence-corrected chi connectivity index (χ4v) is 2.09. The molecule has 0 aliphatic heterocycles. The molecule has 0 spiro atoms. The third kappa shape index (κ3) is 2.18. The summed E-state index contributed by atoms with van der Waals surface area (Å²) < 4.78 is 27.3. The number of nitrogens with one attached hydrogen (secondary N) is 1. The molecule has 1 aromatic heterocycles. The molecule has 1 aliphatic carbocycles. The van der Waals surface area contributed by atoms with Crippen molar-refractivity contribution in [2.45, 2.75) is 18.8 Å². The number of hydrogen-bond acceptors (Lipinski definition) is 2. The van der Waals surface area contributed by atoms with Crippen LogP contribution in [0.3, 0.4) is 0 Å². The number of aromatic nitrogens is 2. The van der Waals surface area contributed by atoms with E-state index in [0.29, 0.717) is 16.3 Å². The zero-order valence-corrected chi connectivity index (χ0v) is 10.2. The van der Waals surface area contributed by atoms with E-state index >= 15 is 0 Å². The number of hydrogen-bond donors (Lipinski definition) is 1. The molecule has 18 heavy (non-hydrogen) atoms. The maximum atomic E-state index is 13.7. The number of rotatable bonds is 2. The van der Waals surface area contributed by atoms with E-state index in [0.717, 1.165) is 36.9 Å². The number of aromatic amines is 1. The molecular formula is C13H10F2N2S. The Labute approximate surface area is 108 Å². The fraction of sp³-hybridized carbons (Fsp3) is 0.231. The Morgan fingerprint density at radius 3 is 2.72 bits per heavy atom. The summed E-state index contributed by atoms with van der Waals surface area (Å²) in [7, 11) is 0. The van der Waals surface area contributed by atoms with Gasteiger partial charge < -0.3 is 4.98 Å². The smallest absolute Gasteiger partial charge is 0.132 e. The van der Waals surface area contributed by atoms with E-state index in [1.807, 2.05) is 0 Å². The van der Waals surface area contributed by atoms with Crippen molar-refractivity contribution in [1.29, 1.82) is 0 Å². The van der Waals surface area contributed by atoms with E-state index in [1.165, 1.54) is 0 Å². The first-order valence-electron chi connectivity index (χ1n) is 5.70. The average molecular weight is 264 g/mol. The first-order chi connectivity index (χ1) is 8.63. The average Bonchev–Trinajstić information content (AvgIpc) is 3.15. The van der Waals surface area contributed by atoms with Crippen molar-refractivity contribution in [2.24, 2.45) is 0 Å². The molecule has 3 rings (SSSR count). The van der Waals surface area contributed by atoms with Gasteiger partial charge in [0, 0.05) is 11.5 Å². The van der Waals surface area contributed by atoms with E-state index in [2.05, 4.69) is 9.97 Å². The second-order valence-electron chi connectivity index (χ2n) is 4.42. The Kier molecular flexibility index (Phi) is 2.70. The third-order valence-corrected chi connectivity index (χ3v) is 3.15. The fourth-order valence-electron chi connectivity index (χ4n) is 1.88. The van der Waals surface area contributed by atoms with Crippen molar-refractivity contribution >= 4 is 12.2 Å². The van der Waals surface area contributed by atoms with Gasteiger partial charge in [0.25, 0.3) is 0 Å². The van der Waals surface area contributed by atoms with Gasteiger partial charge in [0.2, 0.25) is 0 Å². The molecule has 2 nitrogen and oxygen atoms in total. The summed E-state index contributed by atoms with van der Waals surface area (Å²) in [6.45, 7) is 0. The predicted molar refractivity (Wildman–Crippen MR) is 66.7 cm³/mol. The zero-order chi connectivity index (χ0) is 12.7. The van der Waals surface area contributed by atoms with E-state index < -0.39 is 11.6 Å². The standard InChI is InChI=1S/C13H10F2N2S/c14-8-3-4-10(15)9(5-8)11-6-12(18)17-13(16-11)7-1-2-7/h3-7H,1-2H2,(H,16,17,18). The van der Waals surface area contributed by atoms with Gasteiger partial charge in [0.15, 0.2) is 0 Å². The topological polar surface area (TPSA) is 28.7 Å². The Balaban J connectivity index is 2.15. The van der Waals surface area contributed by atoms with Crippen molar-refractivity contribution in [3.8, 4) is 11.3 Å². The van der Waals surface area contributed by atoms with Crippen LogP contribution >= 0.6 is 12.2 Å². The molecule has 1 heterocycles. The van der Waals surface area contributed by atoms with Gasteiger partial charge in [-0.2, -0.15) is 0 Å². The van der Waals surface area contributed by atoms with Crippen molar-refractivity contribution in [2.75, 3.05) is 0 Å². The first kappa shape index (κ1) is 11.5. The van der Waals surface area contributed by atoms with Crippen LogP contribution in [0, 0.1) is 16.3 Å².